The summed E-state index contributed by atoms with van der Waals surface area (Å²) in [4.78, 5) is 0. The fraction of sp³-hybridized carbons (Fsp3) is 1.00. The third-order valence-corrected chi connectivity index (χ3v) is 3.69. The third-order valence-electron chi connectivity index (χ3n) is 1.58. The summed E-state index contributed by atoms with van der Waals surface area (Å²) in [6.45, 7) is 3.22. The van der Waals surface area contributed by atoms with Crippen molar-refractivity contribution in [1.82, 2.24) is 4.72 Å². The molecule has 0 aromatic rings. The number of alkyl halides is 1. The molecule has 0 aromatic carbocycles. The summed E-state index contributed by atoms with van der Waals surface area (Å²) >= 11 is 2.28. The van der Waals surface area contributed by atoms with Gasteiger partial charge in [-0.05, 0) is 24.2 Å². The van der Waals surface area contributed by atoms with Gasteiger partial charge in [-0.3, -0.25) is 0 Å². The van der Waals surface area contributed by atoms with Crippen molar-refractivity contribution in [3.8, 4) is 0 Å². The minimum Gasteiger partial charge on any atom is -0.381 e. The number of ether oxygens (including phenoxy) is 1. The van der Waals surface area contributed by atoms with Crippen LogP contribution in [-0.2, 0) is 14.8 Å². The summed E-state index contributed by atoms with van der Waals surface area (Å²) in [7, 11) is -3.11. The van der Waals surface area contributed by atoms with Crippen molar-refractivity contribution in [1.29, 1.82) is 0 Å². The SMILES string of the molecule is CCOCCS(=O)(=O)NCCCCI. The molecule has 0 unspecified atom stereocenters. The molecule has 0 saturated carbocycles. The van der Waals surface area contributed by atoms with E-state index in [9.17, 15) is 8.42 Å². The van der Waals surface area contributed by atoms with Crippen LogP contribution in [0.1, 0.15) is 19.8 Å². The third kappa shape index (κ3) is 9.17. The Hall–Kier alpha value is 0.600. The Morgan fingerprint density at radius 1 is 1.36 bits per heavy atom. The first-order valence-corrected chi connectivity index (χ1v) is 7.91. The van der Waals surface area contributed by atoms with Crippen LogP contribution in [0.3, 0.4) is 0 Å². The van der Waals surface area contributed by atoms with E-state index in [2.05, 4.69) is 27.3 Å². The molecule has 0 rings (SSSR count). The number of halogens is 1. The first-order chi connectivity index (χ1) is 6.62. The molecule has 0 aliphatic rings. The highest BCUT2D eigenvalue weighted by atomic mass is 127. The van der Waals surface area contributed by atoms with Crippen LogP contribution >= 0.6 is 22.6 Å². The Labute approximate surface area is 100.0 Å². The first kappa shape index (κ1) is 14.6. The lowest BCUT2D eigenvalue weighted by molar-refractivity contribution is 0.163. The summed E-state index contributed by atoms with van der Waals surface area (Å²) < 4.78 is 31.1. The smallest absolute Gasteiger partial charge is 0.213 e. The highest BCUT2D eigenvalue weighted by Crippen LogP contribution is 1.94. The molecule has 0 aliphatic carbocycles. The van der Waals surface area contributed by atoms with Gasteiger partial charge in [-0.25, -0.2) is 13.1 Å². The number of rotatable bonds is 9. The summed E-state index contributed by atoms with van der Waals surface area (Å²) in [6.07, 6.45) is 1.95. The lowest BCUT2D eigenvalue weighted by Crippen LogP contribution is -2.29. The fourth-order valence-electron chi connectivity index (χ4n) is 0.832. The topological polar surface area (TPSA) is 55.4 Å². The molecule has 0 spiro atoms. The van der Waals surface area contributed by atoms with Gasteiger partial charge in [-0.2, -0.15) is 0 Å². The Morgan fingerprint density at radius 3 is 2.64 bits per heavy atom. The minimum atomic E-state index is -3.11. The average molecular weight is 335 g/mol. The standard InChI is InChI=1S/C8H18INO3S/c1-2-13-7-8-14(11,12)10-6-4-3-5-9/h10H,2-8H2,1H3. The van der Waals surface area contributed by atoms with Crippen molar-refractivity contribution in [2.75, 3.05) is 29.9 Å². The maximum atomic E-state index is 11.3. The first-order valence-electron chi connectivity index (χ1n) is 4.73. The molecular formula is C8H18INO3S. The van der Waals surface area contributed by atoms with E-state index in [1.54, 1.807) is 0 Å². The molecule has 0 aromatic heterocycles. The minimum absolute atomic E-state index is 0.0606. The molecule has 4 nitrogen and oxygen atoms in total. The lowest BCUT2D eigenvalue weighted by atomic mass is 10.3. The summed E-state index contributed by atoms with van der Waals surface area (Å²) in [6, 6.07) is 0. The van der Waals surface area contributed by atoms with Gasteiger partial charge in [0.2, 0.25) is 10.0 Å². The quantitative estimate of drug-likeness (QED) is 0.391. The van der Waals surface area contributed by atoms with Crippen molar-refractivity contribution in [3.05, 3.63) is 0 Å². The molecule has 0 fully saturated rings. The fourth-order valence-corrected chi connectivity index (χ4v) is 2.31. The molecule has 0 radical (unpaired) electrons. The molecule has 0 bridgehead atoms. The molecule has 0 saturated heterocycles. The number of hydrogen-bond donors (Lipinski definition) is 1. The predicted molar refractivity (Wildman–Crippen MR) is 66.4 cm³/mol. The van der Waals surface area contributed by atoms with Gasteiger partial charge >= 0.3 is 0 Å². The number of sulfonamides is 1. The normalized spacial score (nSPS) is 11.9. The summed E-state index contributed by atoms with van der Waals surface area (Å²) in [5.74, 6) is 0.0606. The van der Waals surface area contributed by atoms with Crippen LogP contribution in [-0.4, -0.2) is 38.4 Å². The van der Waals surface area contributed by atoms with E-state index in [-0.39, 0.29) is 12.4 Å². The summed E-state index contributed by atoms with van der Waals surface area (Å²) in [5.41, 5.74) is 0. The Morgan fingerprint density at radius 2 is 2.07 bits per heavy atom. The highest BCUT2D eigenvalue weighted by molar-refractivity contribution is 14.1. The lowest BCUT2D eigenvalue weighted by Gasteiger charge is -2.05. The molecular weight excluding hydrogens is 317 g/mol. The van der Waals surface area contributed by atoms with E-state index in [0.29, 0.717) is 13.2 Å². The van der Waals surface area contributed by atoms with E-state index in [1.165, 1.54) is 0 Å². The van der Waals surface area contributed by atoms with Gasteiger partial charge in [-0.1, -0.05) is 22.6 Å². The van der Waals surface area contributed by atoms with E-state index in [4.69, 9.17) is 4.74 Å². The maximum absolute atomic E-state index is 11.3. The Kier molecular flexibility index (Phi) is 9.25. The van der Waals surface area contributed by atoms with Gasteiger partial charge in [-0.15, -0.1) is 0 Å². The second kappa shape index (κ2) is 8.87. The molecule has 0 aliphatic heterocycles. The van der Waals surface area contributed by atoms with Gasteiger partial charge in [0.1, 0.15) is 0 Å². The van der Waals surface area contributed by atoms with Gasteiger partial charge in [0.15, 0.2) is 0 Å². The average Bonchev–Trinajstić information content (AvgIpc) is 2.13. The zero-order valence-corrected chi connectivity index (χ0v) is 11.4. The van der Waals surface area contributed by atoms with Crippen LogP contribution in [0.25, 0.3) is 0 Å². The molecule has 0 amide bonds. The zero-order chi connectivity index (χ0) is 10.9. The maximum Gasteiger partial charge on any atom is 0.213 e. The van der Waals surface area contributed by atoms with Gasteiger partial charge < -0.3 is 4.74 Å². The van der Waals surface area contributed by atoms with Crippen LogP contribution in [0, 0.1) is 0 Å². The highest BCUT2D eigenvalue weighted by Gasteiger charge is 2.08. The van der Waals surface area contributed by atoms with E-state index < -0.39 is 10.0 Å². The van der Waals surface area contributed by atoms with Gasteiger partial charge in [0.05, 0.1) is 12.4 Å². The molecule has 0 atom stereocenters. The van der Waals surface area contributed by atoms with E-state index in [0.717, 1.165) is 17.3 Å². The second-order valence-corrected chi connectivity index (χ2v) is 5.81. The monoisotopic (exact) mass is 335 g/mol. The summed E-state index contributed by atoms with van der Waals surface area (Å²) in [5, 5.41) is 0. The van der Waals surface area contributed by atoms with Crippen molar-refractivity contribution >= 4 is 32.6 Å². The van der Waals surface area contributed by atoms with E-state index >= 15 is 0 Å². The zero-order valence-electron chi connectivity index (χ0n) is 8.46. The van der Waals surface area contributed by atoms with Crippen LogP contribution in [0.5, 0.6) is 0 Å². The molecule has 14 heavy (non-hydrogen) atoms. The van der Waals surface area contributed by atoms with E-state index in [1.807, 2.05) is 6.92 Å². The molecule has 6 heteroatoms. The van der Waals surface area contributed by atoms with Crippen molar-refractivity contribution < 1.29 is 13.2 Å². The predicted octanol–water partition coefficient (Wildman–Crippen LogP) is 1.16. The largest absolute Gasteiger partial charge is 0.381 e. The van der Waals surface area contributed by atoms with Crippen molar-refractivity contribution in [3.63, 3.8) is 0 Å². The molecule has 86 valence electrons. The molecule has 0 heterocycles. The molecule has 1 N–H and O–H groups in total. The number of nitrogens with one attached hydrogen (secondary N) is 1. The van der Waals surface area contributed by atoms with Crippen LogP contribution in [0.4, 0.5) is 0 Å². The second-order valence-electron chi connectivity index (χ2n) is 2.81. The van der Waals surface area contributed by atoms with Gasteiger partial charge in [0.25, 0.3) is 0 Å². The van der Waals surface area contributed by atoms with Crippen LogP contribution < -0.4 is 4.72 Å². The Bertz CT molecular complexity index is 219. The van der Waals surface area contributed by atoms with Crippen LogP contribution in [0.15, 0.2) is 0 Å². The number of hydrogen-bond acceptors (Lipinski definition) is 3. The van der Waals surface area contributed by atoms with Crippen molar-refractivity contribution in [2.24, 2.45) is 0 Å². The van der Waals surface area contributed by atoms with Crippen molar-refractivity contribution in [2.45, 2.75) is 19.8 Å². The van der Waals surface area contributed by atoms with Gasteiger partial charge in [0, 0.05) is 13.2 Å². The van der Waals surface area contributed by atoms with Crippen LogP contribution in [0.2, 0.25) is 0 Å². The Balaban J connectivity index is 3.52. The number of unbranched alkanes of at least 4 members (excludes halogenated alkanes) is 1.